The average Bonchev–Trinajstić information content (AvgIpc) is 3.46. The Morgan fingerprint density at radius 3 is 1.35 bits per heavy atom. The first-order valence-electron chi connectivity index (χ1n) is 10.4. The number of unbranched alkanes of at least 4 members (excludes halogenated alkanes) is 1. The number of hydrogen-bond donors (Lipinski definition) is 0. The van der Waals surface area contributed by atoms with E-state index in [9.17, 15) is 28.8 Å². The first kappa shape index (κ1) is 22.8. The third kappa shape index (κ3) is 3.34. The van der Waals surface area contributed by atoms with E-state index in [1.54, 1.807) is 0 Å². The first-order valence-corrected chi connectivity index (χ1v) is 10.4. The van der Waals surface area contributed by atoms with Gasteiger partial charge in [0.25, 0.3) is 11.1 Å². The zero-order valence-electron chi connectivity index (χ0n) is 19.0. The molecule has 0 bridgehead atoms. The number of fused-ring (bicyclic) bond motifs is 2. The fourth-order valence-corrected chi connectivity index (χ4v) is 3.86. The van der Waals surface area contributed by atoms with Gasteiger partial charge in [0, 0.05) is 41.0 Å². The number of aryl methyl sites for hydroxylation is 2. The van der Waals surface area contributed by atoms with Crippen LogP contribution in [0.15, 0.2) is 31.8 Å². The van der Waals surface area contributed by atoms with Gasteiger partial charge in [0.05, 0.1) is 0 Å². The molecule has 0 aliphatic heterocycles. The molecule has 0 aromatic carbocycles. The second kappa shape index (κ2) is 8.20. The topological polar surface area (TPSA) is 158 Å². The normalized spacial score (nSPS) is 11.5. The maximum absolute atomic E-state index is 12.7. The molecule has 0 saturated carbocycles. The Labute approximate surface area is 189 Å². The maximum atomic E-state index is 12.7. The van der Waals surface area contributed by atoms with Crippen molar-refractivity contribution >= 4 is 34.1 Å². The summed E-state index contributed by atoms with van der Waals surface area (Å²) < 4.78 is 6.42. The number of hydrogen-bond acceptors (Lipinski definition) is 8. The number of aromatic nitrogens is 8. The van der Waals surface area contributed by atoms with Crippen LogP contribution in [0.2, 0.25) is 0 Å². The summed E-state index contributed by atoms with van der Waals surface area (Å²) in [6.45, 7) is 0. The zero-order chi connectivity index (χ0) is 24.9. The van der Waals surface area contributed by atoms with Gasteiger partial charge in [0.15, 0.2) is 22.3 Å². The van der Waals surface area contributed by atoms with E-state index in [0.717, 1.165) is 18.3 Å². The molecule has 0 spiro atoms. The van der Waals surface area contributed by atoms with Crippen LogP contribution >= 0.6 is 0 Å². The Hall–Kier alpha value is -4.36. The fraction of sp³-hybridized carbons (Fsp3) is 0.400. The van der Waals surface area contributed by atoms with Crippen molar-refractivity contribution in [1.29, 1.82) is 0 Å². The zero-order valence-corrected chi connectivity index (χ0v) is 19.0. The van der Waals surface area contributed by atoms with Crippen molar-refractivity contribution in [2.24, 2.45) is 28.2 Å². The predicted molar refractivity (Wildman–Crippen MR) is 120 cm³/mol. The van der Waals surface area contributed by atoms with Crippen molar-refractivity contribution in [2.45, 2.75) is 25.7 Å². The van der Waals surface area contributed by atoms with E-state index in [4.69, 9.17) is 0 Å². The molecule has 0 unspecified atom stereocenters. The van der Waals surface area contributed by atoms with Gasteiger partial charge in [-0.1, -0.05) is 0 Å². The van der Waals surface area contributed by atoms with E-state index in [1.807, 2.05) is 0 Å². The molecule has 0 saturated heterocycles. The van der Waals surface area contributed by atoms with Crippen molar-refractivity contribution in [3.05, 3.63) is 54.3 Å². The predicted octanol–water partition coefficient (Wildman–Crippen LogP) is -1.28. The largest absolute Gasteiger partial charge is 0.332 e. The van der Waals surface area contributed by atoms with Gasteiger partial charge in [0.2, 0.25) is 11.8 Å². The van der Waals surface area contributed by atoms with Crippen molar-refractivity contribution in [2.75, 3.05) is 0 Å². The van der Waals surface area contributed by atoms with E-state index in [-0.39, 0.29) is 35.2 Å². The van der Waals surface area contributed by atoms with Crippen LogP contribution < -0.4 is 22.5 Å². The molecule has 178 valence electrons. The molecule has 0 aliphatic rings. The maximum Gasteiger partial charge on any atom is 0.332 e. The second-order valence-corrected chi connectivity index (χ2v) is 7.98. The molecule has 4 heterocycles. The standard InChI is InChI=1S/C20H22N8O6/c1-23-15-13(17(31)25(3)19(23)33)27(9-21-15)11(29)7-5-6-8-12(30)28-10-22-16-14(28)18(32)26(4)20(34)24(16)2/h9-10H,5-8H2,1-4H3. The van der Waals surface area contributed by atoms with Gasteiger partial charge in [-0.3, -0.25) is 46.6 Å². The highest BCUT2D eigenvalue weighted by Crippen LogP contribution is 2.11. The molecule has 14 nitrogen and oxygen atoms in total. The minimum absolute atomic E-state index is 0.0111. The van der Waals surface area contributed by atoms with Crippen LogP contribution in [0.3, 0.4) is 0 Å². The monoisotopic (exact) mass is 470 g/mol. The number of carbonyl (C=O) groups excluding carboxylic acids is 2. The molecule has 4 aromatic heterocycles. The minimum Gasteiger partial charge on any atom is -0.279 e. The molecule has 0 N–H and O–H groups in total. The summed E-state index contributed by atoms with van der Waals surface area (Å²) in [5.74, 6) is -0.801. The van der Waals surface area contributed by atoms with Crippen LogP contribution in [0.4, 0.5) is 0 Å². The Bertz CT molecular complexity index is 1600. The lowest BCUT2D eigenvalue weighted by molar-refractivity contribution is 0.0877. The average molecular weight is 470 g/mol. The van der Waals surface area contributed by atoms with Gasteiger partial charge in [0.1, 0.15) is 12.7 Å². The third-order valence-electron chi connectivity index (χ3n) is 5.86. The van der Waals surface area contributed by atoms with Crippen molar-refractivity contribution < 1.29 is 9.59 Å². The molecule has 0 atom stereocenters. The van der Waals surface area contributed by atoms with Gasteiger partial charge in [-0.15, -0.1) is 0 Å². The van der Waals surface area contributed by atoms with Crippen LogP contribution in [-0.4, -0.2) is 49.2 Å². The Balaban J connectivity index is 1.48. The van der Waals surface area contributed by atoms with Crippen molar-refractivity contribution in [1.82, 2.24) is 37.4 Å². The molecule has 4 rings (SSSR count). The summed E-state index contributed by atoms with van der Waals surface area (Å²) in [6.07, 6.45) is 3.14. The summed E-state index contributed by atoms with van der Waals surface area (Å²) >= 11 is 0. The highest BCUT2D eigenvalue weighted by molar-refractivity contribution is 5.89. The molecule has 4 aromatic rings. The SMILES string of the molecule is Cn1c(=O)c2c(ncn2C(=O)CCCCC(=O)n2cnc3c2c(=O)n(C)c(=O)n3C)n(C)c1=O. The van der Waals surface area contributed by atoms with Crippen LogP contribution in [0.5, 0.6) is 0 Å². The van der Waals surface area contributed by atoms with Gasteiger partial charge in [-0.05, 0) is 12.8 Å². The molecule has 0 aliphatic carbocycles. The van der Waals surface area contributed by atoms with E-state index in [1.165, 1.54) is 50.0 Å². The Morgan fingerprint density at radius 2 is 1.00 bits per heavy atom. The summed E-state index contributed by atoms with van der Waals surface area (Å²) in [6, 6.07) is 0. The van der Waals surface area contributed by atoms with E-state index < -0.39 is 34.3 Å². The molecular formula is C20H22N8O6. The summed E-state index contributed by atoms with van der Waals surface area (Å²) in [7, 11) is 5.57. The van der Waals surface area contributed by atoms with E-state index in [2.05, 4.69) is 9.97 Å². The first-order chi connectivity index (χ1) is 16.1. The molecule has 0 amide bonds. The number of imidazole rings is 2. The molecule has 0 fully saturated rings. The third-order valence-corrected chi connectivity index (χ3v) is 5.86. The van der Waals surface area contributed by atoms with Crippen LogP contribution in [0.25, 0.3) is 22.3 Å². The summed E-state index contributed by atoms with van der Waals surface area (Å²) in [5.41, 5.74) is -2.09. The van der Waals surface area contributed by atoms with Gasteiger partial charge >= 0.3 is 11.4 Å². The highest BCUT2D eigenvalue weighted by Gasteiger charge is 2.20. The smallest absolute Gasteiger partial charge is 0.279 e. The molecule has 14 heteroatoms. The van der Waals surface area contributed by atoms with Crippen molar-refractivity contribution in [3.63, 3.8) is 0 Å². The van der Waals surface area contributed by atoms with Gasteiger partial charge in [-0.25, -0.2) is 19.6 Å². The number of carbonyl (C=O) groups is 2. The lowest BCUT2D eigenvalue weighted by Gasteiger charge is -2.07. The van der Waals surface area contributed by atoms with E-state index >= 15 is 0 Å². The van der Waals surface area contributed by atoms with Crippen LogP contribution in [0, 0.1) is 0 Å². The number of rotatable bonds is 5. The molecular weight excluding hydrogens is 448 g/mol. The van der Waals surface area contributed by atoms with Crippen LogP contribution in [0.1, 0.15) is 35.3 Å². The van der Waals surface area contributed by atoms with Crippen LogP contribution in [-0.2, 0) is 28.2 Å². The molecule has 34 heavy (non-hydrogen) atoms. The van der Waals surface area contributed by atoms with E-state index in [0.29, 0.717) is 12.8 Å². The lowest BCUT2D eigenvalue weighted by Crippen LogP contribution is -2.38. The minimum atomic E-state index is -0.623. The van der Waals surface area contributed by atoms with Gasteiger partial charge < -0.3 is 0 Å². The lowest BCUT2D eigenvalue weighted by atomic mass is 10.1. The Morgan fingerprint density at radius 1 is 0.647 bits per heavy atom. The fourth-order valence-electron chi connectivity index (χ4n) is 3.86. The highest BCUT2D eigenvalue weighted by atomic mass is 16.2. The number of nitrogens with zero attached hydrogens (tertiary/aromatic N) is 8. The Kier molecular flexibility index (Phi) is 5.51. The summed E-state index contributed by atoms with van der Waals surface area (Å²) in [4.78, 5) is 82.4. The summed E-state index contributed by atoms with van der Waals surface area (Å²) in [5, 5.41) is 0. The van der Waals surface area contributed by atoms with Crippen molar-refractivity contribution in [3.8, 4) is 0 Å². The quantitative estimate of drug-likeness (QED) is 0.326. The molecule has 0 radical (unpaired) electrons. The van der Waals surface area contributed by atoms with Gasteiger partial charge in [-0.2, -0.15) is 0 Å². The second-order valence-electron chi connectivity index (χ2n) is 7.98.